The first-order chi connectivity index (χ1) is 16.4. The van der Waals surface area contributed by atoms with Crippen molar-refractivity contribution in [3.8, 4) is 5.75 Å². The number of likely N-dealkylation sites (N-methyl/N-ethyl adjacent to an activating group) is 1. The topological polar surface area (TPSA) is 113 Å². The number of anilines is 1. The number of carbonyl (C=O) groups is 2. The van der Waals surface area contributed by atoms with Gasteiger partial charge < -0.3 is 29.4 Å². The number of aromatic nitrogens is 1. The molecule has 0 radical (unpaired) electrons. The zero-order valence-electron chi connectivity index (χ0n) is 19.4. The van der Waals surface area contributed by atoms with E-state index in [4.69, 9.17) is 19.9 Å². The lowest BCUT2D eigenvalue weighted by molar-refractivity contribution is -0.138. The maximum atomic E-state index is 14.2. The molecule has 9 nitrogen and oxygen atoms in total. The first kappa shape index (κ1) is 22.2. The van der Waals surface area contributed by atoms with E-state index in [1.165, 1.54) is 7.11 Å². The van der Waals surface area contributed by atoms with E-state index in [9.17, 15) is 14.4 Å². The lowest BCUT2D eigenvalue weighted by atomic mass is 9.68. The number of rotatable bonds is 4. The van der Waals surface area contributed by atoms with Crippen LogP contribution < -0.4 is 20.9 Å². The summed E-state index contributed by atoms with van der Waals surface area (Å²) in [4.78, 5) is 43.0. The fourth-order valence-electron chi connectivity index (χ4n) is 5.47. The number of methoxy groups -OCH3 is 1. The van der Waals surface area contributed by atoms with Gasteiger partial charge in [-0.2, -0.15) is 0 Å². The number of hydrogen-bond donors (Lipinski definition) is 1. The maximum Gasteiger partial charge on any atom is 0.340 e. The molecule has 0 bridgehead atoms. The molecule has 1 fully saturated rings. The lowest BCUT2D eigenvalue weighted by Gasteiger charge is -2.36. The fraction of sp³-hybridized carbons (Fsp3) is 0.400. The molecule has 2 aromatic rings. The summed E-state index contributed by atoms with van der Waals surface area (Å²) in [5, 5.41) is 0. The molecule has 5 rings (SSSR count). The second-order valence-corrected chi connectivity index (χ2v) is 8.73. The second-order valence-electron chi connectivity index (χ2n) is 8.73. The SMILES string of the molecule is CCN1C(=O)[C@@]2(C(C(=O)OC)=C(N)Oc3cc(C)n(C[C@H]4CCCO4)c(=O)c32)c2ccccc21. The zero-order valence-corrected chi connectivity index (χ0v) is 19.4. The Morgan fingerprint density at radius 2 is 2.06 bits per heavy atom. The number of ether oxygens (including phenoxy) is 3. The van der Waals surface area contributed by atoms with E-state index in [0.717, 1.165) is 12.8 Å². The highest BCUT2D eigenvalue weighted by Crippen LogP contribution is 2.54. The number of nitrogens with two attached hydrogens (primary N) is 1. The molecule has 1 aromatic heterocycles. The summed E-state index contributed by atoms with van der Waals surface area (Å²) in [6, 6.07) is 8.82. The molecule has 4 heterocycles. The first-order valence-corrected chi connectivity index (χ1v) is 11.4. The Bertz CT molecular complexity index is 1290. The van der Waals surface area contributed by atoms with E-state index in [1.54, 1.807) is 40.7 Å². The summed E-state index contributed by atoms with van der Waals surface area (Å²) in [7, 11) is 1.21. The molecule has 1 saturated heterocycles. The van der Waals surface area contributed by atoms with Gasteiger partial charge in [-0.3, -0.25) is 9.59 Å². The molecule has 0 unspecified atom stereocenters. The van der Waals surface area contributed by atoms with Crippen molar-refractivity contribution in [3.05, 3.63) is 69.0 Å². The number of pyridine rings is 1. The van der Waals surface area contributed by atoms with Gasteiger partial charge in [-0.05, 0) is 32.8 Å². The Morgan fingerprint density at radius 3 is 2.74 bits per heavy atom. The molecule has 34 heavy (non-hydrogen) atoms. The minimum atomic E-state index is -1.78. The first-order valence-electron chi connectivity index (χ1n) is 11.4. The van der Waals surface area contributed by atoms with Gasteiger partial charge in [0.2, 0.25) is 11.8 Å². The summed E-state index contributed by atoms with van der Waals surface area (Å²) in [5.74, 6) is -1.35. The van der Waals surface area contributed by atoms with Gasteiger partial charge in [-0.25, -0.2) is 4.79 Å². The summed E-state index contributed by atoms with van der Waals surface area (Å²) >= 11 is 0. The van der Waals surface area contributed by atoms with Crippen molar-refractivity contribution in [2.75, 3.05) is 25.2 Å². The normalized spacial score (nSPS) is 23.2. The van der Waals surface area contributed by atoms with E-state index in [2.05, 4.69) is 0 Å². The Hall–Kier alpha value is -3.59. The number of aryl methyl sites for hydroxylation is 1. The summed E-state index contributed by atoms with van der Waals surface area (Å²) in [6.45, 7) is 4.97. The van der Waals surface area contributed by atoms with Crippen molar-refractivity contribution in [2.24, 2.45) is 5.73 Å². The van der Waals surface area contributed by atoms with E-state index in [-0.39, 0.29) is 28.9 Å². The molecular weight excluding hydrogens is 438 g/mol. The average Bonchev–Trinajstić information content (AvgIpc) is 3.41. The van der Waals surface area contributed by atoms with Gasteiger partial charge in [0.05, 0.1) is 25.3 Å². The third-order valence-electron chi connectivity index (χ3n) is 6.97. The van der Waals surface area contributed by atoms with Crippen LogP contribution >= 0.6 is 0 Å². The van der Waals surface area contributed by atoms with Crippen LogP contribution in [-0.4, -0.2) is 42.8 Å². The fourth-order valence-corrected chi connectivity index (χ4v) is 5.47. The molecule has 2 N–H and O–H groups in total. The van der Waals surface area contributed by atoms with Crippen LogP contribution in [0.25, 0.3) is 0 Å². The molecule has 0 aliphatic carbocycles. The summed E-state index contributed by atoms with van der Waals surface area (Å²) in [6.07, 6.45) is 1.67. The van der Waals surface area contributed by atoms with Crippen molar-refractivity contribution in [2.45, 2.75) is 44.8 Å². The monoisotopic (exact) mass is 465 g/mol. The third kappa shape index (κ3) is 2.86. The number of esters is 1. The van der Waals surface area contributed by atoms with E-state index in [0.29, 0.717) is 36.6 Å². The predicted molar refractivity (Wildman–Crippen MR) is 124 cm³/mol. The van der Waals surface area contributed by atoms with Gasteiger partial charge in [0.15, 0.2) is 0 Å². The van der Waals surface area contributed by atoms with Crippen molar-refractivity contribution < 1.29 is 23.8 Å². The van der Waals surface area contributed by atoms with Gasteiger partial charge in [0.25, 0.3) is 5.56 Å². The minimum Gasteiger partial charge on any atom is -0.465 e. The van der Waals surface area contributed by atoms with Crippen LogP contribution in [0.5, 0.6) is 5.75 Å². The van der Waals surface area contributed by atoms with Crippen LogP contribution in [0.3, 0.4) is 0 Å². The Balaban J connectivity index is 1.86. The number of hydrogen-bond acceptors (Lipinski definition) is 7. The second kappa shape index (κ2) is 8.02. The number of amides is 1. The Labute approximate surface area is 196 Å². The third-order valence-corrected chi connectivity index (χ3v) is 6.97. The molecule has 2 atom stereocenters. The van der Waals surface area contributed by atoms with Crippen molar-refractivity contribution in [3.63, 3.8) is 0 Å². The number of fused-ring (bicyclic) bond motifs is 4. The smallest absolute Gasteiger partial charge is 0.340 e. The Morgan fingerprint density at radius 1 is 1.29 bits per heavy atom. The van der Waals surface area contributed by atoms with Gasteiger partial charge in [0.1, 0.15) is 16.7 Å². The van der Waals surface area contributed by atoms with Crippen LogP contribution in [0.4, 0.5) is 5.69 Å². The van der Waals surface area contributed by atoms with Crippen LogP contribution in [0.15, 0.2) is 46.6 Å². The molecule has 178 valence electrons. The lowest BCUT2D eigenvalue weighted by Crippen LogP contribution is -2.52. The number of carbonyl (C=O) groups excluding carboxylic acids is 2. The number of benzene rings is 1. The predicted octanol–water partition coefficient (Wildman–Crippen LogP) is 1.72. The highest BCUT2D eigenvalue weighted by molar-refractivity contribution is 6.18. The summed E-state index contributed by atoms with van der Waals surface area (Å²) < 4.78 is 18.2. The number of para-hydroxylation sites is 1. The molecule has 9 heteroatoms. The highest BCUT2D eigenvalue weighted by Gasteiger charge is 2.62. The van der Waals surface area contributed by atoms with Crippen LogP contribution in [0.2, 0.25) is 0 Å². The zero-order chi connectivity index (χ0) is 24.2. The van der Waals surface area contributed by atoms with E-state index >= 15 is 0 Å². The average molecular weight is 466 g/mol. The molecular formula is C25H27N3O6. The van der Waals surface area contributed by atoms with Gasteiger partial charge in [-0.1, -0.05) is 18.2 Å². The quantitative estimate of drug-likeness (QED) is 0.684. The van der Waals surface area contributed by atoms with Crippen molar-refractivity contribution >= 4 is 17.6 Å². The maximum absolute atomic E-state index is 14.2. The largest absolute Gasteiger partial charge is 0.465 e. The van der Waals surface area contributed by atoms with Gasteiger partial charge in [0, 0.05) is 36.2 Å². The summed E-state index contributed by atoms with van der Waals surface area (Å²) in [5.41, 5.74) is 5.71. The van der Waals surface area contributed by atoms with E-state index < -0.39 is 22.9 Å². The van der Waals surface area contributed by atoms with Crippen molar-refractivity contribution in [1.29, 1.82) is 0 Å². The van der Waals surface area contributed by atoms with Crippen LogP contribution in [-0.2, 0) is 31.0 Å². The molecule has 1 amide bonds. The van der Waals surface area contributed by atoms with Crippen molar-refractivity contribution in [1.82, 2.24) is 4.57 Å². The molecule has 1 spiro atoms. The standard InChI is InChI=1S/C25H27N3O6/c1-4-27-17-10-6-5-9-16(17)25(24(27)31)19-18(34-21(26)20(25)23(30)32-3)12-14(2)28(22(19)29)13-15-8-7-11-33-15/h5-6,9-10,12,15H,4,7-8,11,13,26H2,1-3H3/t15-,25+/m1/s1. The molecule has 0 saturated carbocycles. The molecule has 3 aliphatic heterocycles. The highest BCUT2D eigenvalue weighted by atomic mass is 16.5. The van der Waals surface area contributed by atoms with Gasteiger partial charge >= 0.3 is 5.97 Å². The number of nitrogens with zero attached hydrogens (tertiary/aromatic N) is 2. The van der Waals surface area contributed by atoms with Gasteiger partial charge in [-0.15, -0.1) is 0 Å². The van der Waals surface area contributed by atoms with Crippen LogP contribution in [0, 0.1) is 6.92 Å². The van der Waals surface area contributed by atoms with E-state index in [1.807, 2.05) is 13.0 Å². The molecule has 3 aliphatic rings. The minimum absolute atomic E-state index is 0.0686. The van der Waals surface area contributed by atoms with Crippen LogP contribution in [0.1, 0.15) is 36.6 Å². The Kier molecular flexibility index (Phi) is 5.24. The molecule has 1 aromatic carbocycles.